The summed E-state index contributed by atoms with van der Waals surface area (Å²) in [5.41, 5.74) is 1.63. The third-order valence-corrected chi connectivity index (χ3v) is 5.54. The van der Waals surface area contributed by atoms with E-state index in [1.807, 2.05) is 19.1 Å². The molecule has 1 aliphatic rings. The van der Waals surface area contributed by atoms with E-state index in [1.54, 1.807) is 12.1 Å². The lowest BCUT2D eigenvalue weighted by atomic mass is 10.1. The summed E-state index contributed by atoms with van der Waals surface area (Å²) in [5, 5.41) is 2.81. The monoisotopic (exact) mass is 383 g/mol. The molecule has 0 aliphatic carbocycles. The molecular weight excluding hydrogens is 354 g/mol. The Bertz CT molecular complexity index is 670. The largest absolute Gasteiger partial charge is 0.379 e. The minimum Gasteiger partial charge on any atom is -0.379 e. The van der Waals surface area contributed by atoms with Crippen LogP contribution in [-0.4, -0.2) is 71.4 Å². The fourth-order valence-corrected chi connectivity index (χ4v) is 3.70. The molecule has 26 heavy (non-hydrogen) atoms. The summed E-state index contributed by atoms with van der Waals surface area (Å²) in [6.07, 6.45) is 2.82. The van der Waals surface area contributed by atoms with Gasteiger partial charge in [-0.1, -0.05) is 19.1 Å². The van der Waals surface area contributed by atoms with E-state index in [9.17, 15) is 13.2 Å². The highest BCUT2D eigenvalue weighted by molar-refractivity contribution is 7.92. The van der Waals surface area contributed by atoms with Crippen molar-refractivity contribution in [3.63, 3.8) is 0 Å². The van der Waals surface area contributed by atoms with Crippen molar-refractivity contribution in [2.45, 2.75) is 19.8 Å². The van der Waals surface area contributed by atoms with Crippen molar-refractivity contribution in [1.29, 1.82) is 0 Å². The van der Waals surface area contributed by atoms with Crippen molar-refractivity contribution >= 4 is 21.6 Å². The van der Waals surface area contributed by atoms with Crippen LogP contribution < -0.4 is 9.62 Å². The molecule has 1 fully saturated rings. The number of carbonyl (C=O) groups is 1. The Morgan fingerprint density at radius 1 is 1.23 bits per heavy atom. The highest BCUT2D eigenvalue weighted by atomic mass is 32.2. The number of nitrogens with one attached hydrogen (secondary N) is 1. The van der Waals surface area contributed by atoms with Gasteiger partial charge in [-0.25, -0.2) is 8.42 Å². The summed E-state index contributed by atoms with van der Waals surface area (Å²) in [5.74, 6) is -0.294. The zero-order chi connectivity index (χ0) is 19.0. The van der Waals surface area contributed by atoms with Gasteiger partial charge >= 0.3 is 0 Å². The number of benzene rings is 1. The van der Waals surface area contributed by atoms with E-state index in [0.717, 1.165) is 61.8 Å². The van der Waals surface area contributed by atoms with E-state index < -0.39 is 10.0 Å². The van der Waals surface area contributed by atoms with Crippen molar-refractivity contribution in [2.75, 3.05) is 56.5 Å². The number of carbonyl (C=O) groups excluding carboxylic acids is 1. The van der Waals surface area contributed by atoms with Crippen LogP contribution in [-0.2, 0) is 26.0 Å². The number of ether oxygens (including phenoxy) is 1. The topological polar surface area (TPSA) is 79.0 Å². The summed E-state index contributed by atoms with van der Waals surface area (Å²) >= 11 is 0. The molecule has 1 aromatic rings. The van der Waals surface area contributed by atoms with Crippen LogP contribution in [0.2, 0.25) is 0 Å². The molecule has 1 saturated heterocycles. The molecule has 0 atom stereocenters. The van der Waals surface area contributed by atoms with Crippen LogP contribution in [0.25, 0.3) is 0 Å². The summed E-state index contributed by atoms with van der Waals surface area (Å²) in [6.45, 7) is 6.61. The van der Waals surface area contributed by atoms with Crippen molar-refractivity contribution in [2.24, 2.45) is 0 Å². The van der Waals surface area contributed by atoms with Gasteiger partial charge in [-0.2, -0.15) is 0 Å². The summed E-state index contributed by atoms with van der Waals surface area (Å²) < 4.78 is 30.6. The van der Waals surface area contributed by atoms with E-state index in [-0.39, 0.29) is 12.5 Å². The van der Waals surface area contributed by atoms with Gasteiger partial charge in [-0.15, -0.1) is 0 Å². The fraction of sp³-hybridized carbons (Fsp3) is 0.611. The van der Waals surface area contributed by atoms with Gasteiger partial charge in [0.15, 0.2) is 0 Å². The fourth-order valence-electron chi connectivity index (χ4n) is 2.84. The molecule has 0 unspecified atom stereocenters. The standard InChI is InChI=1S/C18H29N3O4S/c1-3-16-5-7-17(8-6-16)21(26(2,23)24)15-18(22)19-9-4-10-20-11-13-25-14-12-20/h5-8H,3-4,9-15H2,1-2H3,(H,19,22). The summed E-state index contributed by atoms with van der Waals surface area (Å²) in [7, 11) is -3.53. The predicted octanol–water partition coefficient (Wildman–Crippen LogP) is 0.854. The maximum absolute atomic E-state index is 12.2. The van der Waals surface area contributed by atoms with Crippen LogP contribution in [0.4, 0.5) is 5.69 Å². The van der Waals surface area contributed by atoms with E-state index in [2.05, 4.69) is 10.2 Å². The molecule has 1 amide bonds. The summed E-state index contributed by atoms with van der Waals surface area (Å²) in [6, 6.07) is 7.25. The number of nitrogens with zero attached hydrogens (tertiary/aromatic N) is 2. The van der Waals surface area contributed by atoms with Crippen LogP contribution in [0.5, 0.6) is 0 Å². The van der Waals surface area contributed by atoms with Crippen LogP contribution in [0, 0.1) is 0 Å². The Hall–Kier alpha value is -1.64. The Labute approximate surface area is 156 Å². The molecule has 1 N–H and O–H groups in total. The maximum atomic E-state index is 12.2. The molecule has 0 bridgehead atoms. The van der Waals surface area contributed by atoms with Gasteiger partial charge in [0.2, 0.25) is 15.9 Å². The number of hydrogen-bond acceptors (Lipinski definition) is 5. The Morgan fingerprint density at radius 3 is 2.46 bits per heavy atom. The Kier molecular flexibility index (Phi) is 7.86. The quantitative estimate of drug-likeness (QED) is 0.640. The number of aryl methyl sites for hydroxylation is 1. The highest BCUT2D eigenvalue weighted by Crippen LogP contribution is 2.18. The SMILES string of the molecule is CCc1ccc(N(CC(=O)NCCCN2CCOCC2)S(C)(=O)=O)cc1. The lowest BCUT2D eigenvalue weighted by Gasteiger charge is -2.26. The van der Waals surface area contributed by atoms with Crippen molar-refractivity contribution < 1.29 is 17.9 Å². The molecule has 7 nitrogen and oxygen atoms in total. The molecule has 2 rings (SSSR count). The first-order valence-electron chi connectivity index (χ1n) is 9.03. The van der Waals surface area contributed by atoms with Crippen LogP contribution in [0.3, 0.4) is 0 Å². The third-order valence-electron chi connectivity index (χ3n) is 4.40. The second kappa shape index (κ2) is 9.89. The molecule has 0 aromatic heterocycles. The van der Waals surface area contributed by atoms with Gasteiger partial charge < -0.3 is 10.1 Å². The normalized spacial score (nSPS) is 15.6. The molecule has 146 valence electrons. The number of morpholine rings is 1. The average molecular weight is 384 g/mol. The van der Waals surface area contributed by atoms with Gasteiger partial charge in [0.1, 0.15) is 6.54 Å². The second-order valence-corrected chi connectivity index (χ2v) is 8.35. The number of hydrogen-bond donors (Lipinski definition) is 1. The number of amides is 1. The number of sulfonamides is 1. The van der Waals surface area contributed by atoms with E-state index in [4.69, 9.17) is 4.74 Å². The van der Waals surface area contributed by atoms with Crippen LogP contribution in [0.15, 0.2) is 24.3 Å². The highest BCUT2D eigenvalue weighted by Gasteiger charge is 2.20. The van der Waals surface area contributed by atoms with Gasteiger partial charge in [-0.3, -0.25) is 14.0 Å². The van der Waals surface area contributed by atoms with E-state index in [1.165, 1.54) is 0 Å². The van der Waals surface area contributed by atoms with Crippen molar-refractivity contribution in [1.82, 2.24) is 10.2 Å². The first kappa shape index (κ1) is 20.7. The van der Waals surface area contributed by atoms with Crippen molar-refractivity contribution in [3.8, 4) is 0 Å². The van der Waals surface area contributed by atoms with Crippen molar-refractivity contribution in [3.05, 3.63) is 29.8 Å². The molecule has 1 aliphatic heterocycles. The summed E-state index contributed by atoms with van der Waals surface area (Å²) in [4.78, 5) is 14.5. The van der Waals surface area contributed by atoms with E-state index >= 15 is 0 Å². The zero-order valence-corrected chi connectivity index (χ0v) is 16.4. The Balaban J connectivity index is 1.84. The third kappa shape index (κ3) is 6.59. The molecule has 1 aromatic carbocycles. The lowest BCUT2D eigenvalue weighted by molar-refractivity contribution is -0.119. The Morgan fingerprint density at radius 2 is 1.88 bits per heavy atom. The van der Waals surface area contributed by atoms with Gasteiger partial charge in [-0.05, 0) is 37.1 Å². The number of rotatable bonds is 9. The smallest absolute Gasteiger partial charge is 0.240 e. The number of anilines is 1. The van der Waals surface area contributed by atoms with Gasteiger partial charge in [0.25, 0.3) is 0 Å². The minimum atomic E-state index is -3.53. The predicted molar refractivity (Wildman–Crippen MR) is 103 cm³/mol. The molecule has 0 spiro atoms. The van der Waals surface area contributed by atoms with E-state index in [0.29, 0.717) is 12.2 Å². The first-order chi connectivity index (χ1) is 12.4. The molecule has 1 heterocycles. The average Bonchev–Trinajstić information content (AvgIpc) is 2.63. The van der Waals surface area contributed by atoms with Crippen LogP contribution in [0.1, 0.15) is 18.9 Å². The lowest BCUT2D eigenvalue weighted by Crippen LogP contribution is -2.41. The molecular formula is C18H29N3O4S. The second-order valence-electron chi connectivity index (χ2n) is 6.45. The molecule has 0 saturated carbocycles. The van der Waals surface area contributed by atoms with Gasteiger partial charge in [0.05, 0.1) is 25.2 Å². The van der Waals surface area contributed by atoms with Crippen LogP contribution >= 0.6 is 0 Å². The molecule has 0 radical (unpaired) electrons. The maximum Gasteiger partial charge on any atom is 0.240 e. The first-order valence-corrected chi connectivity index (χ1v) is 10.9. The molecule has 8 heteroatoms. The van der Waals surface area contributed by atoms with Gasteiger partial charge in [0, 0.05) is 19.6 Å². The zero-order valence-electron chi connectivity index (χ0n) is 15.6. The minimum absolute atomic E-state index is 0.206.